The van der Waals surface area contributed by atoms with Crippen molar-refractivity contribution in [1.82, 2.24) is 15.4 Å². The van der Waals surface area contributed by atoms with Crippen LogP contribution in [0.1, 0.15) is 24.2 Å². The molecule has 0 aliphatic carbocycles. The number of rotatable bonds is 6. The van der Waals surface area contributed by atoms with Crippen LogP contribution in [0.2, 0.25) is 0 Å². The highest BCUT2D eigenvalue weighted by molar-refractivity contribution is 5.58. The van der Waals surface area contributed by atoms with Gasteiger partial charge in [-0.25, -0.2) is 0 Å². The van der Waals surface area contributed by atoms with Gasteiger partial charge in [-0.05, 0) is 37.1 Å². The Hall–Kier alpha value is -2.63. The molecule has 0 amide bonds. The van der Waals surface area contributed by atoms with E-state index in [1.807, 2.05) is 48.5 Å². The third-order valence-corrected chi connectivity index (χ3v) is 5.02. The number of aromatic hydroxyl groups is 1. The summed E-state index contributed by atoms with van der Waals surface area (Å²) in [5.74, 6) is 1.19. The molecule has 27 heavy (non-hydrogen) atoms. The summed E-state index contributed by atoms with van der Waals surface area (Å²) in [5, 5.41) is 17.4. The molecule has 1 aliphatic rings. The smallest absolute Gasteiger partial charge is 0.151 e. The van der Waals surface area contributed by atoms with Gasteiger partial charge >= 0.3 is 0 Å². The molecule has 1 aromatic heterocycles. The topological polar surface area (TPSA) is 61.5 Å². The quantitative estimate of drug-likeness (QED) is 0.697. The van der Waals surface area contributed by atoms with E-state index < -0.39 is 0 Å². The van der Waals surface area contributed by atoms with Crippen molar-refractivity contribution in [2.24, 2.45) is 0 Å². The molecule has 2 N–H and O–H groups in total. The van der Waals surface area contributed by atoms with Gasteiger partial charge < -0.3 is 14.9 Å². The molecule has 1 fully saturated rings. The maximum atomic E-state index is 9.64. The molecule has 1 aliphatic heterocycles. The normalized spacial score (nSPS) is 17.9. The molecule has 5 heteroatoms. The minimum Gasteiger partial charge on any atom is -0.508 e. The first-order valence-electron chi connectivity index (χ1n) is 9.51. The minimum atomic E-state index is 0.332. The Balaban J connectivity index is 1.30. The maximum Gasteiger partial charge on any atom is 0.151 e. The zero-order valence-electron chi connectivity index (χ0n) is 15.3. The molecule has 2 heterocycles. The zero-order valence-corrected chi connectivity index (χ0v) is 15.3. The second-order valence-corrected chi connectivity index (χ2v) is 7.17. The fourth-order valence-electron chi connectivity index (χ4n) is 3.66. The average Bonchev–Trinajstić information content (AvgIpc) is 3.17. The molecular weight excluding hydrogens is 338 g/mol. The molecular formula is C22H25N3O2. The van der Waals surface area contributed by atoms with Crippen LogP contribution in [0.25, 0.3) is 11.3 Å². The molecule has 0 bridgehead atoms. The van der Waals surface area contributed by atoms with Crippen molar-refractivity contribution in [2.45, 2.75) is 32.0 Å². The Morgan fingerprint density at radius 2 is 2.00 bits per heavy atom. The standard InChI is InChI=1S/C22H25N3O2/c26-20-10-4-6-17(12-20)15-25-11-5-9-19(16-25)23-14-21-13-22(24-27-21)18-7-2-1-3-8-18/h1-4,6-8,10,12-13,19,23,26H,5,9,11,14-16H2. The minimum absolute atomic E-state index is 0.332. The molecule has 0 saturated carbocycles. The van der Waals surface area contributed by atoms with Gasteiger partial charge in [0.05, 0.1) is 6.54 Å². The first-order chi connectivity index (χ1) is 13.3. The van der Waals surface area contributed by atoms with Gasteiger partial charge in [-0.3, -0.25) is 4.90 Å². The Labute approximate surface area is 159 Å². The van der Waals surface area contributed by atoms with Crippen LogP contribution in [0.15, 0.2) is 65.2 Å². The summed E-state index contributed by atoms with van der Waals surface area (Å²) < 4.78 is 5.49. The summed E-state index contributed by atoms with van der Waals surface area (Å²) in [6.45, 7) is 3.64. The summed E-state index contributed by atoms with van der Waals surface area (Å²) in [6.07, 6.45) is 2.33. The Morgan fingerprint density at radius 3 is 2.85 bits per heavy atom. The van der Waals surface area contributed by atoms with Gasteiger partial charge in [0.25, 0.3) is 0 Å². The number of hydrogen-bond acceptors (Lipinski definition) is 5. The van der Waals surface area contributed by atoms with Crippen LogP contribution < -0.4 is 5.32 Å². The fourth-order valence-corrected chi connectivity index (χ4v) is 3.66. The van der Waals surface area contributed by atoms with Crippen molar-refractivity contribution < 1.29 is 9.63 Å². The van der Waals surface area contributed by atoms with E-state index in [2.05, 4.69) is 21.4 Å². The lowest BCUT2D eigenvalue weighted by Crippen LogP contribution is -2.44. The molecule has 1 saturated heterocycles. The van der Waals surface area contributed by atoms with Crippen molar-refractivity contribution in [2.75, 3.05) is 13.1 Å². The van der Waals surface area contributed by atoms with Gasteiger partial charge in [-0.15, -0.1) is 0 Å². The highest BCUT2D eigenvalue weighted by Gasteiger charge is 2.20. The van der Waals surface area contributed by atoms with Gasteiger partial charge in [0.1, 0.15) is 11.4 Å². The molecule has 5 nitrogen and oxygen atoms in total. The van der Waals surface area contributed by atoms with Crippen LogP contribution in [0.3, 0.4) is 0 Å². The van der Waals surface area contributed by atoms with Crippen LogP contribution >= 0.6 is 0 Å². The molecule has 2 aromatic carbocycles. The van der Waals surface area contributed by atoms with Crippen LogP contribution in [-0.2, 0) is 13.1 Å². The number of nitrogens with one attached hydrogen (secondary N) is 1. The zero-order chi connectivity index (χ0) is 18.5. The Kier molecular flexibility index (Phi) is 5.51. The largest absolute Gasteiger partial charge is 0.508 e. The molecule has 0 spiro atoms. The second-order valence-electron chi connectivity index (χ2n) is 7.17. The lowest BCUT2D eigenvalue weighted by molar-refractivity contribution is 0.180. The van der Waals surface area contributed by atoms with Gasteiger partial charge in [-0.2, -0.15) is 0 Å². The number of hydrogen-bond donors (Lipinski definition) is 2. The average molecular weight is 363 g/mol. The summed E-state index contributed by atoms with van der Waals surface area (Å²) >= 11 is 0. The number of piperidine rings is 1. The highest BCUT2D eigenvalue weighted by atomic mass is 16.5. The third kappa shape index (κ3) is 4.76. The number of nitrogens with zero attached hydrogens (tertiary/aromatic N) is 2. The second kappa shape index (κ2) is 8.37. The summed E-state index contributed by atoms with van der Waals surface area (Å²) in [4.78, 5) is 2.44. The molecule has 3 aromatic rings. The van der Waals surface area contributed by atoms with Crippen molar-refractivity contribution in [3.05, 3.63) is 72.0 Å². The maximum absolute atomic E-state index is 9.64. The van der Waals surface area contributed by atoms with Crippen LogP contribution in [0.5, 0.6) is 5.75 Å². The van der Waals surface area contributed by atoms with Crippen LogP contribution in [0, 0.1) is 0 Å². The summed E-state index contributed by atoms with van der Waals surface area (Å²) in [6, 6.07) is 20.0. The Morgan fingerprint density at radius 1 is 1.11 bits per heavy atom. The number of likely N-dealkylation sites (tertiary alicyclic amines) is 1. The van der Waals surface area contributed by atoms with Crippen molar-refractivity contribution in [3.8, 4) is 17.0 Å². The first kappa shape index (κ1) is 17.8. The summed E-state index contributed by atoms with van der Waals surface area (Å²) in [5.41, 5.74) is 3.10. The Bertz CT molecular complexity index is 863. The number of aromatic nitrogens is 1. The van der Waals surface area contributed by atoms with Gasteiger partial charge in [0.2, 0.25) is 0 Å². The fraction of sp³-hybridized carbons (Fsp3) is 0.318. The van der Waals surface area contributed by atoms with E-state index in [0.717, 1.165) is 48.6 Å². The van der Waals surface area contributed by atoms with Gasteiger partial charge in [0.15, 0.2) is 5.76 Å². The number of benzene rings is 2. The highest BCUT2D eigenvalue weighted by Crippen LogP contribution is 2.20. The SMILES string of the molecule is Oc1cccc(CN2CCCC(NCc3cc(-c4ccccc4)no3)C2)c1. The summed E-state index contributed by atoms with van der Waals surface area (Å²) in [7, 11) is 0. The number of phenolic OH excluding ortho intramolecular Hbond substituents is 1. The predicted molar refractivity (Wildman–Crippen MR) is 105 cm³/mol. The van der Waals surface area contributed by atoms with Gasteiger partial charge in [-0.1, -0.05) is 47.6 Å². The number of phenols is 1. The van der Waals surface area contributed by atoms with E-state index in [1.54, 1.807) is 6.07 Å². The van der Waals surface area contributed by atoms with E-state index in [4.69, 9.17) is 4.52 Å². The monoisotopic (exact) mass is 363 g/mol. The van der Waals surface area contributed by atoms with Crippen molar-refractivity contribution in [3.63, 3.8) is 0 Å². The lowest BCUT2D eigenvalue weighted by Gasteiger charge is -2.33. The van der Waals surface area contributed by atoms with E-state index in [1.165, 1.54) is 6.42 Å². The molecule has 1 unspecified atom stereocenters. The van der Waals surface area contributed by atoms with Crippen LogP contribution in [0.4, 0.5) is 0 Å². The third-order valence-electron chi connectivity index (χ3n) is 5.02. The van der Waals surface area contributed by atoms with Crippen LogP contribution in [-0.4, -0.2) is 34.3 Å². The van der Waals surface area contributed by atoms with Gasteiger partial charge in [0, 0.05) is 30.8 Å². The van der Waals surface area contributed by atoms with Crippen molar-refractivity contribution >= 4 is 0 Å². The van der Waals surface area contributed by atoms with E-state index in [-0.39, 0.29) is 0 Å². The van der Waals surface area contributed by atoms with E-state index in [9.17, 15) is 5.11 Å². The molecule has 0 radical (unpaired) electrons. The molecule has 1 atom stereocenters. The van der Waals surface area contributed by atoms with E-state index >= 15 is 0 Å². The van der Waals surface area contributed by atoms with Crippen molar-refractivity contribution in [1.29, 1.82) is 0 Å². The van der Waals surface area contributed by atoms with E-state index in [0.29, 0.717) is 18.3 Å². The predicted octanol–water partition coefficient (Wildman–Crippen LogP) is 3.80. The lowest BCUT2D eigenvalue weighted by atomic mass is 10.0. The molecule has 140 valence electrons. The first-order valence-corrected chi connectivity index (χ1v) is 9.51. The molecule has 4 rings (SSSR count).